The zero-order valence-corrected chi connectivity index (χ0v) is 84.2. The number of unbranched alkanes of at least 4 members (excludes halogenated alkanes) is 6. The molecule has 3 unspecified atom stereocenters. The smallest absolute Gasteiger partial charge is 0.412 e. The van der Waals surface area contributed by atoms with Crippen molar-refractivity contribution in [3.63, 3.8) is 0 Å². The predicted molar refractivity (Wildman–Crippen MR) is 449 cm³/mol. The van der Waals surface area contributed by atoms with E-state index in [1.165, 1.54) is 100 Å². The molecule has 20 heteroatoms. The van der Waals surface area contributed by atoms with Crippen molar-refractivity contribution in [3.8, 4) is 0 Å². The van der Waals surface area contributed by atoms with Crippen molar-refractivity contribution in [1.29, 1.82) is 0 Å². The molecule has 1 heterocycles. The van der Waals surface area contributed by atoms with E-state index >= 15 is 0 Å². The van der Waals surface area contributed by atoms with Crippen LogP contribution in [0.1, 0.15) is 209 Å². The third-order valence-corrected chi connectivity index (χ3v) is 66.9. The average Bonchev–Trinajstić information content (AvgIpc) is 1.67. The van der Waals surface area contributed by atoms with Crippen LogP contribution in [0.4, 0.5) is 0 Å². The number of benzene rings is 4. The van der Waals surface area contributed by atoms with Gasteiger partial charge in [-0.25, -0.2) is 0 Å². The largest absolute Gasteiger partial charge is 0.412 e. The second kappa shape index (κ2) is 72.7. The number of allylic oxidation sites excluding steroid dienone is 4. The van der Waals surface area contributed by atoms with Gasteiger partial charge in [-0.1, -0.05) is 0 Å². The van der Waals surface area contributed by atoms with Crippen molar-refractivity contribution in [3.05, 3.63) is 194 Å². The molecule has 14 nitrogen and oxygen atoms in total. The maximum absolute atomic E-state index is 13.1. The molecule has 0 amide bonds. The molecule has 1 aliphatic rings. The summed E-state index contributed by atoms with van der Waals surface area (Å²) in [4.78, 5) is 25.9. The first-order valence-corrected chi connectivity index (χ1v) is 73.2. The zero-order chi connectivity index (χ0) is 74.4. The van der Waals surface area contributed by atoms with Gasteiger partial charge < -0.3 is 16.4 Å². The molecular weight excluding hydrogens is 1930 g/mol. The third-order valence-electron chi connectivity index (χ3n) is 16.8. The van der Waals surface area contributed by atoms with Crippen LogP contribution in [0.15, 0.2) is 172 Å². The summed E-state index contributed by atoms with van der Waals surface area (Å²) in [6.07, 6.45) is 22.9. The van der Waals surface area contributed by atoms with E-state index in [-0.39, 0.29) is 34.3 Å². The molecule has 4 aromatic rings. The van der Waals surface area contributed by atoms with Gasteiger partial charge in [0.1, 0.15) is 0 Å². The van der Waals surface area contributed by atoms with Gasteiger partial charge in [0, 0.05) is 0 Å². The van der Waals surface area contributed by atoms with Crippen molar-refractivity contribution in [2.45, 2.75) is 246 Å². The summed E-state index contributed by atoms with van der Waals surface area (Å²) < 4.78 is 67.2. The number of hydrogen-bond donors (Lipinski definition) is 0. The summed E-state index contributed by atoms with van der Waals surface area (Å²) in [5.41, 5.74) is 5.22. The Morgan fingerprint density at radius 3 is 1.19 bits per heavy atom. The molecule has 3 radical (unpaired) electrons. The molecule has 0 saturated carbocycles. The van der Waals surface area contributed by atoms with Gasteiger partial charge in [0.2, 0.25) is 0 Å². The number of hydrogen-bond acceptors (Lipinski definition) is 11. The van der Waals surface area contributed by atoms with E-state index in [0.29, 0.717) is 19.6 Å². The second-order valence-corrected chi connectivity index (χ2v) is 72.4. The monoisotopic (exact) mass is 2090 g/mol. The average molecular weight is 2080 g/mol. The topological polar surface area (TPSA) is 212 Å². The molecule has 0 spiro atoms. The maximum atomic E-state index is 13.1. The van der Waals surface area contributed by atoms with E-state index in [0.717, 1.165) is 85.3 Å². The number of carbonyl (C=O) groups excluding carboxylic acids is 2. The summed E-state index contributed by atoms with van der Waals surface area (Å²) in [7, 11) is 0. The van der Waals surface area contributed by atoms with Crippen molar-refractivity contribution in [1.82, 2.24) is 0 Å². The van der Waals surface area contributed by atoms with Crippen LogP contribution >= 0.6 is 0 Å². The summed E-state index contributed by atoms with van der Waals surface area (Å²) >= 11 is -13.9. The standard InChI is InChI=1S/C14H18O4.C7H7O.2C7H7.6C4H9.4C3H5.6C2H5O.3H2O.6Sn/c1-9(11-6-4-3-5-7-11)8-12(14(17)18)10(2)13(15)16;8-6-7-4-2-1-3-5-7;2*1-7-5-3-2-4-6-7;6*1-3-4-2;4*1-3-2;6*1-2-3;;;;;;;;;/h3-7,9-10,12H,8H2,1-2H3,(H,15,16)(H,17,18);1-5H,6H2;2*2-6H,1H2;6*1,3-4H2,2H3;4*3H,1-2H2;6*2H2,1H3;3*1H2;;;;;;/q;-1;;;;;;;;;;;;;6*-1;;;;3*+1;3*+2/p-2. The van der Waals surface area contributed by atoms with Crippen LogP contribution in [0.3, 0.4) is 0 Å². The molecule has 0 aromatic heterocycles. The fraction of sp³-hybridized carbons (Fsp3) is 0.590. The molecule has 0 bridgehead atoms. The first kappa shape index (κ1) is 109. The van der Waals surface area contributed by atoms with Gasteiger partial charge in [-0.05, 0) is 0 Å². The van der Waals surface area contributed by atoms with Crippen LogP contribution < -0.4 is 0 Å². The van der Waals surface area contributed by atoms with Crippen molar-refractivity contribution in [2.75, 3.05) is 39.6 Å². The van der Waals surface area contributed by atoms with Gasteiger partial charge in [0.25, 0.3) is 0 Å². The summed E-state index contributed by atoms with van der Waals surface area (Å²) in [5, 5.41) is 0. The fourth-order valence-corrected chi connectivity index (χ4v) is 56.7. The molecule has 6 N–H and O–H groups in total. The van der Waals surface area contributed by atoms with E-state index in [9.17, 15) is 9.59 Å². The van der Waals surface area contributed by atoms with Gasteiger partial charge in [-0.2, -0.15) is 0 Å². The van der Waals surface area contributed by atoms with Gasteiger partial charge >= 0.3 is 659 Å². The van der Waals surface area contributed by atoms with Crippen LogP contribution in [-0.2, 0) is 52.7 Å². The molecule has 103 heavy (non-hydrogen) atoms. The van der Waals surface area contributed by atoms with E-state index in [2.05, 4.69) is 187 Å². The minimum atomic E-state index is -3.70. The third kappa shape index (κ3) is 52.1. The molecule has 4 aromatic carbocycles. The van der Waals surface area contributed by atoms with E-state index < -0.39 is 130 Å². The first-order chi connectivity index (χ1) is 48.5. The molecule has 1 aliphatic heterocycles. The SMILES string of the molecule is C=C[CH2][Sn]([CH2]C=C)([O]CC)[O]Cc1ccccc1.C=C[CH2][Sn]([CH2]C=C)[O]CC.CCC[CH2][Sn]([CH2]CCC)([O]CC)[O]CC.CCC[CH2][Sn]([CH2]CCC)[O]CC.CCC[CH2][Sn]1([CH2]CCC)[O]C(=O)C(C)C(CC(C)c2ccccc2)C(=O)[O]1.CC[O][Sn]([CH2]c1ccccc1)[CH2]c1ccccc1.O.O.O. The van der Waals surface area contributed by atoms with Crippen molar-refractivity contribution >= 4 is 130 Å². The molecule has 587 valence electrons. The van der Waals surface area contributed by atoms with E-state index in [1.54, 1.807) is 0 Å². The van der Waals surface area contributed by atoms with Gasteiger partial charge in [0.15, 0.2) is 0 Å². The van der Waals surface area contributed by atoms with Gasteiger partial charge in [-0.15, -0.1) is 0 Å². The maximum Gasteiger partial charge on any atom is -0.412 e. The minimum absolute atomic E-state index is 0. The summed E-state index contributed by atoms with van der Waals surface area (Å²) in [6, 6.07) is 41.8. The Hall–Kier alpha value is -0.828. The first-order valence-electron chi connectivity index (χ1n) is 38.5. The van der Waals surface area contributed by atoms with E-state index in [4.69, 9.17) is 27.7 Å². The Kier molecular flexibility index (Phi) is 76.6. The number of carbonyl (C=O) groups is 2. The Bertz CT molecular complexity index is 2490. The van der Waals surface area contributed by atoms with Crippen LogP contribution in [-0.4, -0.2) is 186 Å². The van der Waals surface area contributed by atoms with Crippen LogP contribution in [0.2, 0.25) is 44.4 Å². The molecule has 3 atom stereocenters. The van der Waals surface area contributed by atoms with Crippen molar-refractivity contribution in [2.24, 2.45) is 11.8 Å². The molecular formula is C83H147O14Sn6. The van der Waals surface area contributed by atoms with Crippen LogP contribution in [0.5, 0.6) is 0 Å². The number of rotatable bonds is 48. The Morgan fingerprint density at radius 2 is 0.816 bits per heavy atom. The molecule has 5 rings (SSSR count). The fourth-order valence-electron chi connectivity index (χ4n) is 11.4. The van der Waals surface area contributed by atoms with Crippen LogP contribution in [0, 0.1) is 11.8 Å². The Labute approximate surface area is 667 Å². The summed E-state index contributed by atoms with van der Waals surface area (Å²) in [6.45, 7) is 50.4. The second-order valence-electron chi connectivity index (χ2n) is 25.4. The van der Waals surface area contributed by atoms with E-state index in [1.807, 2.05) is 81.5 Å². The molecule has 1 saturated heterocycles. The Morgan fingerprint density at radius 1 is 0.447 bits per heavy atom. The van der Waals surface area contributed by atoms with Crippen molar-refractivity contribution < 1.29 is 53.7 Å². The summed E-state index contributed by atoms with van der Waals surface area (Å²) in [5.74, 6) is -1.08. The zero-order valence-electron chi connectivity index (χ0n) is 67.0. The van der Waals surface area contributed by atoms with Gasteiger partial charge in [0.05, 0.1) is 0 Å². The molecule has 1 fully saturated rings. The minimum Gasteiger partial charge on any atom is -0.412 e. The molecule has 0 aliphatic carbocycles. The predicted octanol–water partition coefficient (Wildman–Crippen LogP) is 20.8. The normalized spacial score (nSPS) is 13.9. The Balaban J connectivity index is -0.000000584. The van der Waals surface area contributed by atoms with Crippen LogP contribution in [0.25, 0.3) is 0 Å². The quantitative estimate of drug-likeness (QED) is 0.0300. The van der Waals surface area contributed by atoms with Gasteiger partial charge in [-0.3, -0.25) is 0 Å².